The van der Waals surface area contributed by atoms with Crippen molar-refractivity contribution in [1.29, 1.82) is 0 Å². The summed E-state index contributed by atoms with van der Waals surface area (Å²) in [6, 6.07) is 13.4. The number of rotatable bonds is 8. The van der Waals surface area contributed by atoms with Crippen LogP contribution >= 0.6 is 0 Å². The molecule has 2 aliphatic heterocycles. The molecule has 4 rings (SSSR count). The lowest BCUT2D eigenvalue weighted by Gasteiger charge is -2.34. The number of imide groups is 1. The van der Waals surface area contributed by atoms with Gasteiger partial charge in [0.05, 0.1) is 0 Å². The molecule has 0 atom stereocenters. The molecule has 1 aromatic heterocycles. The Morgan fingerprint density at radius 1 is 0.919 bits per heavy atom. The standard InChI is InChI=1S/C29H38N4O4/c1-22-6-4-7-24(30-22)8-5-14-31-16-18-32(19-17-31)28(36)37-25-11-9-23(10-12-25)13-15-33-26(34)20-29(2,3)21-27(33)35/h4,6-7,9-12H,5,8,13-21H2,1-3H3. The fraction of sp³-hybridized carbons (Fsp3) is 0.517. The summed E-state index contributed by atoms with van der Waals surface area (Å²) in [6.07, 6.45) is 3.05. The van der Waals surface area contributed by atoms with Gasteiger partial charge in [0.2, 0.25) is 11.8 Å². The number of carbonyl (C=O) groups excluding carboxylic acids is 3. The molecule has 3 heterocycles. The summed E-state index contributed by atoms with van der Waals surface area (Å²) < 4.78 is 5.59. The number of piperidine rings is 1. The first kappa shape index (κ1) is 26.8. The molecule has 0 radical (unpaired) electrons. The molecule has 1 aromatic carbocycles. The lowest BCUT2D eigenvalue weighted by molar-refractivity contribution is -0.152. The quantitative estimate of drug-likeness (QED) is 0.506. The predicted octanol–water partition coefficient (Wildman–Crippen LogP) is 3.86. The zero-order valence-corrected chi connectivity index (χ0v) is 22.2. The lowest BCUT2D eigenvalue weighted by Crippen LogP contribution is -2.49. The number of ether oxygens (including phenoxy) is 1. The fourth-order valence-corrected chi connectivity index (χ4v) is 4.97. The number of nitrogens with zero attached hydrogens (tertiary/aromatic N) is 4. The highest BCUT2D eigenvalue weighted by Crippen LogP contribution is 2.31. The number of piperazine rings is 1. The van der Waals surface area contributed by atoms with Crippen molar-refractivity contribution in [1.82, 2.24) is 19.7 Å². The molecule has 0 aliphatic carbocycles. The molecular weight excluding hydrogens is 468 g/mol. The molecule has 37 heavy (non-hydrogen) atoms. The number of hydrogen-bond acceptors (Lipinski definition) is 6. The van der Waals surface area contributed by atoms with E-state index in [9.17, 15) is 14.4 Å². The molecule has 0 spiro atoms. The topological polar surface area (TPSA) is 83.0 Å². The molecule has 0 bridgehead atoms. The molecule has 2 fully saturated rings. The van der Waals surface area contributed by atoms with Gasteiger partial charge in [0, 0.05) is 57.0 Å². The van der Waals surface area contributed by atoms with Gasteiger partial charge in [-0.3, -0.25) is 24.4 Å². The van der Waals surface area contributed by atoms with Crippen molar-refractivity contribution in [3.05, 3.63) is 59.4 Å². The largest absolute Gasteiger partial charge is 0.415 e. The maximum Gasteiger partial charge on any atom is 0.415 e. The third-order valence-electron chi connectivity index (χ3n) is 7.10. The lowest BCUT2D eigenvalue weighted by atomic mass is 9.81. The summed E-state index contributed by atoms with van der Waals surface area (Å²) in [5, 5.41) is 0. The number of hydrogen-bond donors (Lipinski definition) is 0. The predicted molar refractivity (Wildman–Crippen MR) is 141 cm³/mol. The van der Waals surface area contributed by atoms with Gasteiger partial charge >= 0.3 is 6.09 Å². The van der Waals surface area contributed by atoms with E-state index in [1.807, 2.05) is 39.0 Å². The summed E-state index contributed by atoms with van der Waals surface area (Å²) in [7, 11) is 0. The minimum Gasteiger partial charge on any atom is -0.410 e. The third-order valence-corrected chi connectivity index (χ3v) is 7.10. The first-order chi connectivity index (χ1) is 17.7. The molecule has 8 heteroatoms. The molecule has 3 amide bonds. The van der Waals surface area contributed by atoms with Crippen molar-refractivity contribution in [2.75, 3.05) is 39.3 Å². The Hall–Kier alpha value is -3.26. The molecule has 0 saturated carbocycles. The van der Waals surface area contributed by atoms with Crippen LogP contribution in [0.4, 0.5) is 4.79 Å². The van der Waals surface area contributed by atoms with Crippen molar-refractivity contribution in [2.24, 2.45) is 5.41 Å². The maximum absolute atomic E-state index is 12.6. The highest BCUT2D eigenvalue weighted by atomic mass is 16.6. The van der Waals surface area contributed by atoms with Crippen molar-refractivity contribution >= 4 is 17.9 Å². The van der Waals surface area contributed by atoms with E-state index in [0.29, 0.717) is 44.6 Å². The average Bonchev–Trinajstić information content (AvgIpc) is 2.84. The highest BCUT2D eigenvalue weighted by Gasteiger charge is 2.37. The van der Waals surface area contributed by atoms with E-state index in [-0.39, 0.29) is 23.3 Å². The van der Waals surface area contributed by atoms with E-state index < -0.39 is 0 Å². The summed E-state index contributed by atoms with van der Waals surface area (Å²) in [6.45, 7) is 10.2. The van der Waals surface area contributed by atoms with Gasteiger partial charge in [-0.2, -0.15) is 0 Å². The summed E-state index contributed by atoms with van der Waals surface area (Å²) in [4.78, 5) is 47.4. The van der Waals surface area contributed by atoms with Crippen LogP contribution in [-0.4, -0.2) is 76.9 Å². The Balaban J connectivity index is 1.16. The SMILES string of the molecule is Cc1cccc(CCCN2CCN(C(=O)Oc3ccc(CCN4C(=O)CC(C)(C)CC4=O)cc3)CC2)n1. The maximum atomic E-state index is 12.6. The van der Waals surface area contributed by atoms with E-state index in [4.69, 9.17) is 4.74 Å². The van der Waals surface area contributed by atoms with Crippen LogP contribution in [0.15, 0.2) is 42.5 Å². The molecule has 198 valence electrons. The van der Waals surface area contributed by atoms with E-state index >= 15 is 0 Å². The highest BCUT2D eigenvalue weighted by molar-refractivity contribution is 5.98. The minimum atomic E-state index is -0.330. The van der Waals surface area contributed by atoms with Gasteiger partial charge in [-0.1, -0.05) is 32.0 Å². The van der Waals surface area contributed by atoms with Gasteiger partial charge < -0.3 is 9.64 Å². The van der Waals surface area contributed by atoms with E-state index in [1.54, 1.807) is 17.0 Å². The van der Waals surface area contributed by atoms with Crippen LogP contribution in [0, 0.1) is 12.3 Å². The number of likely N-dealkylation sites (tertiary alicyclic amines) is 1. The van der Waals surface area contributed by atoms with Gasteiger partial charge in [0.25, 0.3) is 0 Å². The normalized spacial score (nSPS) is 18.2. The Morgan fingerprint density at radius 3 is 2.24 bits per heavy atom. The average molecular weight is 507 g/mol. The number of pyridine rings is 1. The van der Waals surface area contributed by atoms with Crippen molar-refractivity contribution < 1.29 is 19.1 Å². The van der Waals surface area contributed by atoms with Crippen LogP contribution in [0.2, 0.25) is 0 Å². The van der Waals surface area contributed by atoms with Crippen LogP contribution in [0.3, 0.4) is 0 Å². The van der Waals surface area contributed by atoms with Gasteiger partial charge in [-0.25, -0.2) is 4.79 Å². The first-order valence-corrected chi connectivity index (χ1v) is 13.2. The van der Waals surface area contributed by atoms with Gasteiger partial charge in [0.15, 0.2) is 0 Å². The van der Waals surface area contributed by atoms with Crippen molar-refractivity contribution in [3.63, 3.8) is 0 Å². The minimum absolute atomic E-state index is 0.102. The number of aromatic nitrogens is 1. The van der Waals surface area contributed by atoms with Gasteiger partial charge in [0.1, 0.15) is 5.75 Å². The number of carbonyl (C=O) groups is 3. The van der Waals surface area contributed by atoms with E-state index in [1.165, 1.54) is 4.90 Å². The Kier molecular flexibility index (Phi) is 8.59. The molecule has 8 nitrogen and oxygen atoms in total. The summed E-state index contributed by atoms with van der Waals surface area (Å²) in [5.74, 6) is 0.291. The molecule has 2 aliphatic rings. The first-order valence-electron chi connectivity index (χ1n) is 13.2. The van der Waals surface area contributed by atoms with Crippen molar-refractivity contribution in [3.8, 4) is 5.75 Å². The van der Waals surface area contributed by atoms with Gasteiger partial charge in [-0.05, 0) is 68.0 Å². The van der Waals surface area contributed by atoms with Crippen molar-refractivity contribution in [2.45, 2.75) is 52.9 Å². The van der Waals surface area contributed by atoms with Gasteiger partial charge in [-0.15, -0.1) is 0 Å². The van der Waals surface area contributed by atoms with Crippen LogP contribution in [-0.2, 0) is 22.4 Å². The van der Waals surface area contributed by atoms with E-state index in [0.717, 1.165) is 49.4 Å². The molecule has 2 saturated heterocycles. The Morgan fingerprint density at radius 2 is 1.59 bits per heavy atom. The Bertz CT molecular complexity index is 1090. The molecule has 0 unspecified atom stereocenters. The monoisotopic (exact) mass is 506 g/mol. The summed E-state index contributed by atoms with van der Waals surface area (Å²) >= 11 is 0. The number of aryl methyl sites for hydroxylation is 2. The van der Waals surface area contributed by atoms with Crippen LogP contribution in [0.5, 0.6) is 5.75 Å². The smallest absolute Gasteiger partial charge is 0.410 e. The molecule has 2 aromatic rings. The van der Waals surface area contributed by atoms with Crippen LogP contribution in [0.25, 0.3) is 0 Å². The Labute approximate surface area is 219 Å². The third kappa shape index (κ3) is 7.61. The van der Waals surface area contributed by atoms with E-state index in [2.05, 4.69) is 22.0 Å². The number of benzene rings is 1. The second-order valence-electron chi connectivity index (χ2n) is 10.9. The van der Waals surface area contributed by atoms with Crippen LogP contribution < -0.4 is 4.74 Å². The fourth-order valence-electron chi connectivity index (χ4n) is 4.97. The molecule has 0 N–H and O–H groups in total. The number of amides is 3. The zero-order valence-electron chi connectivity index (χ0n) is 22.2. The second-order valence-corrected chi connectivity index (χ2v) is 10.9. The second kappa shape index (κ2) is 11.9. The zero-order chi connectivity index (χ0) is 26.4. The molecular formula is C29H38N4O4. The van der Waals surface area contributed by atoms with Crippen LogP contribution in [0.1, 0.15) is 50.1 Å². The summed E-state index contributed by atoms with van der Waals surface area (Å²) in [5.41, 5.74) is 2.90.